The molecular weight excluding hydrogens is 316 g/mol. The summed E-state index contributed by atoms with van der Waals surface area (Å²) < 4.78 is 1.00. The monoisotopic (exact) mass is 332 g/mol. The molecule has 3 nitrogen and oxygen atoms in total. The van der Waals surface area contributed by atoms with E-state index in [1.165, 1.54) is 0 Å². The number of carbonyl (C=O) groups excluding carboxylic acids is 1. The van der Waals surface area contributed by atoms with Crippen molar-refractivity contribution in [1.82, 2.24) is 5.32 Å². The third-order valence-electron chi connectivity index (χ3n) is 2.98. The van der Waals surface area contributed by atoms with Gasteiger partial charge in [0, 0.05) is 10.2 Å². The molecule has 0 fully saturated rings. The minimum atomic E-state index is -0.0318. The fourth-order valence-corrected chi connectivity index (χ4v) is 2.56. The summed E-state index contributed by atoms with van der Waals surface area (Å²) in [4.78, 5) is 11.9. The fourth-order valence-electron chi connectivity index (χ4n) is 1.93. The molecule has 0 aliphatic carbocycles. The van der Waals surface area contributed by atoms with Gasteiger partial charge in [-0.15, -0.1) is 0 Å². The number of hydrogen-bond acceptors (Lipinski definition) is 2. The molecule has 1 atom stereocenters. The van der Waals surface area contributed by atoms with E-state index in [1.54, 1.807) is 0 Å². The van der Waals surface area contributed by atoms with Crippen LogP contribution in [-0.2, 0) is 4.79 Å². The Balaban J connectivity index is 1.87. The van der Waals surface area contributed by atoms with Gasteiger partial charge in [-0.25, -0.2) is 0 Å². The number of amides is 1. The molecule has 0 spiro atoms. The van der Waals surface area contributed by atoms with Crippen LogP contribution in [0, 0.1) is 0 Å². The topological polar surface area (TPSA) is 41.1 Å². The van der Waals surface area contributed by atoms with Crippen molar-refractivity contribution in [3.05, 3.63) is 64.6 Å². The first-order valence-electron chi connectivity index (χ1n) is 6.49. The Labute approximate surface area is 127 Å². The highest BCUT2D eigenvalue weighted by Gasteiger charge is 2.11. The average molecular weight is 333 g/mol. The molecular formula is C16H17BrN2O. The van der Waals surface area contributed by atoms with E-state index >= 15 is 0 Å². The van der Waals surface area contributed by atoms with Gasteiger partial charge < -0.3 is 10.6 Å². The van der Waals surface area contributed by atoms with Gasteiger partial charge in [-0.3, -0.25) is 4.79 Å². The van der Waals surface area contributed by atoms with E-state index in [0.29, 0.717) is 0 Å². The Morgan fingerprint density at radius 3 is 2.45 bits per heavy atom. The predicted molar refractivity (Wildman–Crippen MR) is 85.6 cm³/mol. The first-order chi connectivity index (χ1) is 9.66. The number of halogens is 1. The van der Waals surface area contributed by atoms with Crippen molar-refractivity contribution in [2.24, 2.45) is 0 Å². The molecule has 0 unspecified atom stereocenters. The summed E-state index contributed by atoms with van der Waals surface area (Å²) >= 11 is 3.50. The van der Waals surface area contributed by atoms with Gasteiger partial charge in [-0.2, -0.15) is 0 Å². The van der Waals surface area contributed by atoms with Gasteiger partial charge in [-0.1, -0.05) is 52.3 Å². The van der Waals surface area contributed by atoms with Crippen LogP contribution < -0.4 is 10.6 Å². The quantitative estimate of drug-likeness (QED) is 0.875. The first kappa shape index (κ1) is 14.6. The summed E-state index contributed by atoms with van der Waals surface area (Å²) in [6.45, 7) is 2.24. The molecule has 0 aromatic heterocycles. The van der Waals surface area contributed by atoms with E-state index in [-0.39, 0.29) is 18.5 Å². The lowest BCUT2D eigenvalue weighted by atomic mass is 10.1. The summed E-state index contributed by atoms with van der Waals surface area (Å²) in [5.74, 6) is -0.0305. The average Bonchev–Trinajstić information content (AvgIpc) is 2.46. The number of para-hydroxylation sites is 1. The van der Waals surface area contributed by atoms with Gasteiger partial charge >= 0.3 is 0 Å². The maximum absolute atomic E-state index is 11.9. The standard InChI is InChI=1S/C16H17BrN2O/c1-12(14-9-5-6-10-15(14)17)19-16(20)11-18-13-7-3-2-4-8-13/h2-10,12,18H,11H2,1H3,(H,19,20)/t12-/m0/s1. The second-order valence-corrected chi connectivity index (χ2v) is 5.38. The highest BCUT2D eigenvalue weighted by Crippen LogP contribution is 2.22. The summed E-state index contributed by atoms with van der Waals surface area (Å²) in [6.07, 6.45) is 0. The van der Waals surface area contributed by atoms with Gasteiger partial charge in [0.25, 0.3) is 0 Å². The number of nitrogens with one attached hydrogen (secondary N) is 2. The van der Waals surface area contributed by atoms with Crippen molar-refractivity contribution in [1.29, 1.82) is 0 Å². The Hall–Kier alpha value is -1.81. The smallest absolute Gasteiger partial charge is 0.239 e. The molecule has 0 aliphatic heterocycles. The third-order valence-corrected chi connectivity index (χ3v) is 3.70. The molecule has 20 heavy (non-hydrogen) atoms. The van der Waals surface area contributed by atoms with Crippen LogP contribution in [-0.4, -0.2) is 12.5 Å². The van der Waals surface area contributed by atoms with Crippen LogP contribution in [0.3, 0.4) is 0 Å². The molecule has 0 saturated carbocycles. The van der Waals surface area contributed by atoms with Crippen LogP contribution >= 0.6 is 15.9 Å². The van der Waals surface area contributed by atoms with Crippen molar-refractivity contribution >= 4 is 27.5 Å². The van der Waals surface area contributed by atoms with Crippen LogP contribution in [0.5, 0.6) is 0 Å². The first-order valence-corrected chi connectivity index (χ1v) is 7.29. The Bertz CT molecular complexity index is 572. The third kappa shape index (κ3) is 4.10. The molecule has 2 N–H and O–H groups in total. The van der Waals surface area contributed by atoms with Crippen LogP contribution in [0.1, 0.15) is 18.5 Å². The molecule has 4 heteroatoms. The molecule has 104 valence electrons. The van der Waals surface area contributed by atoms with Crippen molar-refractivity contribution in [2.45, 2.75) is 13.0 Å². The molecule has 2 aromatic carbocycles. The van der Waals surface area contributed by atoms with E-state index < -0.39 is 0 Å². The minimum absolute atomic E-state index is 0.0305. The molecule has 2 aromatic rings. The Morgan fingerprint density at radius 1 is 1.10 bits per heavy atom. The van der Waals surface area contributed by atoms with E-state index in [2.05, 4.69) is 26.6 Å². The summed E-state index contributed by atoms with van der Waals surface area (Å²) in [5, 5.41) is 6.07. The number of rotatable bonds is 5. The lowest BCUT2D eigenvalue weighted by Crippen LogP contribution is -2.32. The Kier molecular flexibility index (Phi) is 5.18. The number of hydrogen-bond donors (Lipinski definition) is 2. The number of carbonyl (C=O) groups is 1. The van der Waals surface area contributed by atoms with Crippen LogP contribution in [0.2, 0.25) is 0 Å². The molecule has 0 heterocycles. The second-order valence-electron chi connectivity index (χ2n) is 4.53. The van der Waals surface area contributed by atoms with E-state index in [9.17, 15) is 4.79 Å². The Morgan fingerprint density at radius 2 is 1.75 bits per heavy atom. The number of benzene rings is 2. The summed E-state index contributed by atoms with van der Waals surface area (Å²) in [7, 11) is 0. The largest absolute Gasteiger partial charge is 0.376 e. The van der Waals surface area contributed by atoms with E-state index in [4.69, 9.17) is 0 Å². The summed E-state index contributed by atoms with van der Waals surface area (Å²) in [5.41, 5.74) is 2.01. The van der Waals surface area contributed by atoms with Gasteiger partial charge in [0.2, 0.25) is 5.91 Å². The second kappa shape index (κ2) is 7.10. The maximum atomic E-state index is 11.9. The van der Waals surface area contributed by atoms with Gasteiger partial charge in [0.1, 0.15) is 0 Å². The van der Waals surface area contributed by atoms with Gasteiger partial charge in [-0.05, 0) is 30.7 Å². The lowest BCUT2D eigenvalue weighted by molar-refractivity contribution is -0.120. The summed E-state index contributed by atoms with van der Waals surface area (Å²) in [6, 6.07) is 17.5. The molecule has 0 saturated heterocycles. The van der Waals surface area contributed by atoms with Crippen molar-refractivity contribution in [3.63, 3.8) is 0 Å². The van der Waals surface area contributed by atoms with Gasteiger partial charge in [0.05, 0.1) is 12.6 Å². The van der Waals surface area contributed by atoms with Crippen LogP contribution in [0.4, 0.5) is 5.69 Å². The van der Waals surface area contributed by atoms with Crippen LogP contribution in [0.25, 0.3) is 0 Å². The van der Waals surface area contributed by atoms with E-state index in [1.807, 2.05) is 61.5 Å². The molecule has 1 amide bonds. The van der Waals surface area contributed by atoms with Crippen molar-refractivity contribution in [3.8, 4) is 0 Å². The minimum Gasteiger partial charge on any atom is -0.376 e. The highest BCUT2D eigenvalue weighted by atomic mass is 79.9. The van der Waals surface area contributed by atoms with E-state index in [0.717, 1.165) is 15.7 Å². The number of anilines is 1. The van der Waals surface area contributed by atoms with Crippen molar-refractivity contribution < 1.29 is 4.79 Å². The molecule has 2 rings (SSSR count). The van der Waals surface area contributed by atoms with Gasteiger partial charge in [0.15, 0.2) is 0 Å². The zero-order valence-corrected chi connectivity index (χ0v) is 12.9. The molecule has 0 aliphatic rings. The van der Waals surface area contributed by atoms with Crippen molar-refractivity contribution in [2.75, 3.05) is 11.9 Å². The SMILES string of the molecule is C[C@H](NC(=O)CNc1ccccc1)c1ccccc1Br. The molecule has 0 bridgehead atoms. The lowest BCUT2D eigenvalue weighted by Gasteiger charge is -2.16. The molecule has 0 radical (unpaired) electrons. The fraction of sp³-hybridized carbons (Fsp3) is 0.188. The normalized spacial score (nSPS) is 11.7. The maximum Gasteiger partial charge on any atom is 0.239 e. The highest BCUT2D eigenvalue weighted by molar-refractivity contribution is 9.10. The zero-order valence-electron chi connectivity index (χ0n) is 11.3. The zero-order chi connectivity index (χ0) is 14.4. The predicted octanol–water partition coefficient (Wildman–Crippen LogP) is 3.74. The van der Waals surface area contributed by atoms with Crippen LogP contribution in [0.15, 0.2) is 59.1 Å².